The van der Waals surface area contributed by atoms with Crippen LogP contribution in [0.4, 0.5) is 0 Å². The lowest BCUT2D eigenvalue weighted by Crippen LogP contribution is -2.47. The lowest BCUT2D eigenvalue weighted by molar-refractivity contribution is -0.0721. The van der Waals surface area contributed by atoms with E-state index < -0.39 is 0 Å². The monoisotopic (exact) mass is 531 g/mol. The topological polar surface area (TPSA) is 55.3 Å². The molecule has 2 unspecified atom stereocenters. The highest BCUT2D eigenvalue weighted by molar-refractivity contribution is 14.0. The Labute approximate surface area is 198 Å². The molecule has 2 saturated heterocycles. The Morgan fingerprint density at radius 1 is 1.20 bits per heavy atom. The second kappa shape index (κ2) is 14.1. The number of nitrogens with zero attached hydrogens (tertiary/aromatic N) is 2. The van der Waals surface area contributed by atoms with E-state index >= 15 is 0 Å². The van der Waals surface area contributed by atoms with Gasteiger partial charge in [-0.25, -0.2) is 4.99 Å². The molecule has 0 bridgehead atoms. The van der Waals surface area contributed by atoms with Crippen LogP contribution in [-0.2, 0) is 9.47 Å². The molecule has 30 heavy (non-hydrogen) atoms. The van der Waals surface area contributed by atoms with E-state index in [1.165, 1.54) is 12.8 Å². The van der Waals surface area contributed by atoms with Gasteiger partial charge in [0.05, 0.1) is 25.4 Å². The Balaban J connectivity index is 0.00000320. The highest BCUT2D eigenvalue weighted by Gasteiger charge is 2.24. The number of hydrogen-bond acceptors (Lipinski definition) is 4. The third-order valence-electron chi connectivity index (χ3n) is 5.45. The standard InChI is InChI=1S/C23H37N3O3.HI/c1-3-24-23(25-17-19(2)29-21-9-5-4-6-10-21)26-14-12-20(13-15-26)28-18-22-11-7-8-16-27-22;/h4-6,9-10,19-20,22H,3,7-8,11-18H2,1-2H3,(H,24,25);1H. The summed E-state index contributed by atoms with van der Waals surface area (Å²) in [6, 6.07) is 9.93. The molecule has 2 aliphatic rings. The Morgan fingerprint density at radius 2 is 1.97 bits per heavy atom. The molecule has 2 fully saturated rings. The largest absolute Gasteiger partial charge is 0.489 e. The van der Waals surface area contributed by atoms with Gasteiger partial charge in [-0.3, -0.25) is 0 Å². The Bertz CT molecular complexity index is 603. The van der Waals surface area contributed by atoms with Crippen LogP contribution in [0, 0.1) is 0 Å². The van der Waals surface area contributed by atoms with Crippen molar-refractivity contribution in [3.05, 3.63) is 30.3 Å². The third-order valence-corrected chi connectivity index (χ3v) is 5.45. The second-order valence-electron chi connectivity index (χ2n) is 7.94. The molecule has 7 heteroatoms. The van der Waals surface area contributed by atoms with Crippen molar-refractivity contribution in [1.82, 2.24) is 10.2 Å². The molecule has 0 amide bonds. The van der Waals surface area contributed by atoms with Crippen LogP contribution in [0.3, 0.4) is 0 Å². The number of piperidine rings is 1. The van der Waals surface area contributed by atoms with E-state index in [-0.39, 0.29) is 30.1 Å². The molecule has 170 valence electrons. The first kappa shape index (κ1) is 25.2. The van der Waals surface area contributed by atoms with E-state index in [1.807, 2.05) is 30.3 Å². The molecule has 1 aromatic rings. The summed E-state index contributed by atoms with van der Waals surface area (Å²) in [6.45, 7) is 9.24. The summed E-state index contributed by atoms with van der Waals surface area (Å²) >= 11 is 0. The van der Waals surface area contributed by atoms with Crippen LogP contribution in [-0.4, -0.2) is 68.6 Å². The first-order chi connectivity index (χ1) is 14.2. The lowest BCUT2D eigenvalue weighted by atomic mass is 10.1. The minimum Gasteiger partial charge on any atom is -0.489 e. The van der Waals surface area contributed by atoms with Gasteiger partial charge in [-0.05, 0) is 58.1 Å². The van der Waals surface area contributed by atoms with Gasteiger partial charge in [0.1, 0.15) is 11.9 Å². The summed E-state index contributed by atoms with van der Waals surface area (Å²) < 4.78 is 17.9. The van der Waals surface area contributed by atoms with E-state index in [1.54, 1.807) is 0 Å². The summed E-state index contributed by atoms with van der Waals surface area (Å²) in [7, 11) is 0. The number of halogens is 1. The van der Waals surface area contributed by atoms with Gasteiger partial charge in [0.25, 0.3) is 0 Å². The van der Waals surface area contributed by atoms with Crippen LogP contribution < -0.4 is 10.1 Å². The summed E-state index contributed by atoms with van der Waals surface area (Å²) in [4.78, 5) is 7.17. The molecule has 1 N–H and O–H groups in total. The number of para-hydroxylation sites is 1. The van der Waals surface area contributed by atoms with Crippen molar-refractivity contribution in [2.24, 2.45) is 4.99 Å². The van der Waals surface area contributed by atoms with Crippen LogP contribution in [0.25, 0.3) is 0 Å². The first-order valence-corrected chi connectivity index (χ1v) is 11.2. The fourth-order valence-electron chi connectivity index (χ4n) is 3.83. The highest BCUT2D eigenvalue weighted by atomic mass is 127. The van der Waals surface area contributed by atoms with Gasteiger partial charge < -0.3 is 24.4 Å². The maximum atomic E-state index is 6.14. The maximum absolute atomic E-state index is 6.14. The van der Waals surface area contributed by atoms with Crippen LogP contribution in [0.2, 0.25) is 0 Å². The molecule has 2 aliphatic heterocycles. The minimum absolute atomic E-state index is 0. The lowest BCUT2D eigenvalue weighted by Gasteiger charge is -2.35. The van der Waals surface area contributed by atoms with Crippen LogP contribution in [0.5, 0.6) is 5.75 Å². The van der Waals surface area contributed by atoms with Crippen molar-refractivity contribution in [1.29, 1.82) is 0 Å². The fraction of sp³-hybridized carbons (Fsp3) is 0.696. The van der Waals surface area contributed by atoms with Crippen LogP contribution in [0.1, 0.15) is 46.0 Å². The average Bonchev–Trinajstić information content (AvgIpc) is 2.77. The third kappa shape index (κ3) is 8.59. The zero-order valence-corrected chi connectivity index (χ0v) is 20.8. The number of guanidine groups is 1. The molecular formula is C23H38IN3O3. The molecule has 3 rings (SSSR count). The first-order valence-electron chi connectivity index (χ1n) is 11.2. The van der Waals surface area contributed by atoms with Gasteiger partial charge in [-0.1, -0.05) is 18.2 Å². The number of benzene rings is 1. The van der Waals surface area contributed by atoms with Crippen molar-refractivity contribution in [3.63, 3.8) is 0 Å². The van der Waals surface area contributed by atoms with Gasteiger partial charge in [0, 0.05) is 26.2 Å². The van der Waals surface area contributed by atoms with E-state index in [0.717, 1.165) is 63.8 Å². The molecule has 0 saturated carbocycles. The molecule has 0 radical (unpaired) electrons. The van der Waals surface area contributed by atoms with Crippen molar-refractivity contribution in [2.75, 3.05) is 39.4 Å². The molecule has 0 spiro atoms. The molecular weight excluding hydrogens is 493 g/mol. The van der Waals surface area contributed by atoms with E-state index in [4.69, 9.17) is 19.2 Å². The van der Waals surface area contributed by atoms with Crippen molar-refractivity contribution >= 4 is 29.9 Å². The van der Waals surface area contributed by atoms with Gasteiger partial charge in [0.2, 0.25) is 0 Å². The Morgan fingerprint density at radius 3 is 2.63 bits per heavy atom. The van der Waals surface area contributed by atoms with Crippen molar-refractivity contribution in [2.45, 2.75) is 64.3 Å². The quantitative estimate of drug-likeness (QED) is 0.311. The second-order valence-corrected chi connectivity index (χ2v) is 7.94. The van der Waals surface area contributed by atoms with E-state index in [9.17, 15) is 0 Å². The smallest absolute Gasteiger partial charge is 0.194 e. The summed E-state index contributed by atoms with van der Waals surface area (Å²) in [5, 5.41) is 3.43. The van der Waals surface area contributed by atoms with Crippen molar-refractivity contribution in [3.8, 4) is 5.75 Å². The predicted molar refractivity (Wildman–Crippen MR) is 132 cm³/mol. The van der Waals surface area contributed by atoms with Gasteiger partial charge >= 0.3 is 0 Å². The van der Waals surface area contributed by atoms with E-state index in [0.29, 0.717) is 18.8 Å². The average molecular weight is 531 g/mol. The number of aliphatic imine (C=N–C) groups is 1. The molecule has 2 heterocycles. The van der Waals surface area contributed by atoms with Gasteiger partial charge in [0.15, 0.2) is 5.96 Å². The highest BCUT2D eigenvalue weighted by Crippen LogP contribution is 2.18. The summed E-state index contributed by atoms with van der Waals surface area (Å²) in [6.07, 6.45) is 6.33. The van der Waals surface area contributed by atoms with Gasteiger partial charge in [-0.2, -0.15) is 0 Å². The van der Waals surface area contributed by atoms with Gasteiger partial charge in [-0.15, -0.1) is 24.0 Å². The predicted octanol–water partition coefficient (Wildman–Crippen LogP) is 4.09. The SMILES string of the molecule is CCNC(=NCC(C)Oc1ccccc1)N1CCC(OCC2CCCCO2)CC1.I. The summed E-state index contributed by atoms with van der Waals surface area (Å²) in [5.41, 5.74) is 0. The number of ether oxygens (including phenoxy) is 3. The molecule has 0 aliphatic carbocycles. The van der Waals surface area contributed by atoms with Crippen molar-refractivity contribution < 1.29 is 14.2 Å². The Hall–Kier alpha value is -1.06. The zero-order valence-electron chi connectivity index (χ0n) is 18.4. The zero-order chi connectivity index (χ0) is 20.3. The number of likely N-dealkylation sites (tertiary alicyclic amines) is 1. The molecule has 6 nitrogen and oxygen atoms in total. The molecule has 0 aromatic heterocycles. The number of hydrogen-bond donors (Lipinski definition) is 1. The van der Waals surface area contributed by atoms with E-state index in [2.05, 4.69) is 24.1 Å². The minimum atomic E-state index is 0. The normalized spacial score (nSPS) is 21.6. The molecule has 1 aromatic carbocycles. The molecule has 2 atom stereocenters. The Kier molecular flexibility index (Phi) is 11.8. The van der Waals surface area contributed by atoms with Crippen LogP contribution in [0.15, 0.2) is 35.3 Å². The summed E-state index contributed by atoms with van der Waals surface area (Å²) in [5.74, 6) is 1.87. The van der Waals surface area contributed by atoms with Crippen LogP contribution >= 0.6 is 24.0 Å². The maximum Gasteiger partial charge on any atom is 0.194 e. The fourth-order valence-corrected chi connectivity index (χ4v) is 3.83. The number of nitrogens with one attached hydrogen (secondary N) is 1. The number of rotatable bonds is 8.